The number of carbonyl (C=O) groups is 1. The van der Waals surface area contributed by atoms with Gasteiger partial charge in [0.25, 0.3) is 5.91 Å². The molecule has 4 rings (SSSR count). The predicted molar refractivity (Wildman–Crippen MR) is 118 cm³/mol. The van der Waals surface area contributed by atoms with Crippen LogP contribution in [0.2, 0.25) is 0 Å². The number of aromatic nitrogens is 2. The number of nitrogens with zero attached hydrogens (tertiary/aromatic N) is 3. The highest BCUT2D eigenvalue weighted by atomic mass is 19.1. The normalized spacial score (nSPS) is 16.1. The van der Waals surface area contributed by atoms with Crippen LogP contribution < -0.4 is 10.2 Å². The molecule has 1 atom stereocenters. The van der Waals surface area contributed by atoms with Gasteiger partial charge >= 0.3 is 0 Å². The number of anilines is 2. The first-order valence-corrected chi connectivity index (χ1v) is 10.2. The molecule has 1 aliphatic heterocycles. The molecule has 1 N–H and O–H groups in total. The lowest BCUT2D eigenvalue weighted by atomic mass is 10.0. The molecular weight excluding hydrogens is 379 g/mol. The molecule has 1 amide bonds. The van der Waals surface area contributed by atoms with Gasteiger partial charge in [-0.15, -0.1) is 0 Å². The second-order valence-corrected chi connectivity index (χ2v) is 7.84. The van der Waals surface area contributed by atoms with Crippen molar-refractivity contribution >= 4 is 17.4 Å². The van der Waals surface area contributed by atoms with Gasteiger partial charge in [0.2, 0.25) is 0 Å². The largest absolute Gasteiger partial charge is 0.352 e. The summed E-state index contributed by atoms with van der Waals surface area (Å²) < 4.78 is 13.9. The molecule has 1 unspecified atom stereocenters. The van der Waals surface area contributed by atoms with Gasteiger partial charge in [-0.25, -0.2) is 9.37 Å². The predicted octanol–water partition coefficient (Wildman–Crippen LogP) is 5.07. The van der Waals surface area contributed by atoms with Crippen LogP contribution in [0.1, 0.15) is 42.2 Å². The molecule has 1 fully saturated rings. The molecule has 3 heterocycles. The maximum Gasteiger partial charge on any atom is 0.257 e. The fraction of sp³-hybridized carbons (Fsp3) is 0.292. The second kappa shape index (κ2) is 8.61. The van der Waals surface area contributed by atoms with Gasteiger partial charge in [0.1, 0.15) is 6.17 Å². The topological polar surface area (TPSA) is 58.1 Å². The van der Waals surface area contributed by atoms with Gasteiger partial charge in [-0.3, -0.25) is 9.78 Å². The minimum Gasteiger partial charge on any atom is -0.352 e. The van der Waals surface area contributed by atoms with E-state index in [0.717, 1.165) is 16.8 Å². The van der Waals surface area contributed by atoms with Crippen molar-refractivity contribution in [2.24, 2.45) is 0 Å². The lowest BCUT2D eigenvalue weighted by molar-refractivity contribution is 0.102. The lowest BCUT2D eigenvalue weighted by Gasteiger charge is -2.22. The van der Waals surface area contributed by atoms with Crippen LogP contribution >= 0.6 is 0 Å². The van der Waals surface area contributed by atoms with Gasteiger partial charge < -0.3 is 10.2 Å². The lowest BCUT2D eigenvalue weighted by Crippen LogP contribution is -2.24. The Labute approximate surface area is 176 Å². The smallest absolute Gasteiger partial charge is 0.257 e. The highest BCUT2D eigenvalue weighted by Gasteiger charge is 2.27. The van der Waals surface area contributed by atoms with E-state index in [4.69, 9.17) is 0 Å². The van der Waals surface area contributed by atoms with Gasteiger partial charge in [-0.1, -0.05) is 44.2 Å². The van der Waals surface area contributed by atoms with E-state index in [1.54, 1.807) is 18.5 Å². The number of nitrogens with one attached hydrogen (secondary N) is 1. The number of halogens is 1. The third-order valence-electron chi connectivity index (χ3n) is 5.32. The SMILES string of the molecule is CC(C)c1ccc(C(=O)Nc2c(-c3ccccc3)ccnc2N2CCC(F)C2)cn1. The molecule has 30 heavy (non-hydrogen) atoms. The number of rotatable bonds is 5. The molecule has 2 aromatic heterocycles. The molecule has 0 saturated carbocycles. The van der Waals surface area contributed by atoms with Crippen LogP contribution in [0.3, 0.4) is 0 Å². The molecule has 5 nitrogen and oxygen atoms in total. The van der Waals surface area contributed by atoms with Crippen molar-refractivity contribution < 1.29 is 9.18 Å². The first-order chi connectivity index (χ1) is 14.5. The Hall–Kier alpha value is -3.28. The number of carbonyl (C=O) groups excluding carboxylic acids is 1. The number of amides is 1. The Kier molecular flexibility index (Phi) is 5.74. The summed E-state index contributed by atoms with van der Waals surface area (Å²) in [6.45, 7) is 4.97. The average Bonchev–Trinajstić information content (AvgIpc) is 3.20. The van der Waals surface area contributed by atoms with Crippen LogP contribution in [0, 0.1) is 0 Å². The standard InChI is InChI=1S/C24H25FN4O/c1-16(2)21-9-8-18(14-27-21)24(30)28-22-20(17-6-4-3-5-7-17)10-12-26-23(22)29-13-11-19(25)15-29/h3-10,12,14,16,19H,11,13,15H2,1-2H3,(H,28,30). The monoisotopic (exact) mass is 404 g/mol. The van der Waals surface area contributed by atoms with E-state index < -0.39 is 6.17 Å². The van der Waals surface area contributed by atoms with Gasteiger partial charge in [-0.05, 0) is 36.1 Å². The van der Waals surface area contributed by atoms with Crippen LogP contribution in [0.25, 0.3) is 11.1 Å². The zero-order valence-electron chi connectivity index (χ0n) is 17.2. The van der Waals surface area contributed by atoms with Crippen molar-refractivity contribution in [3.63, 3.8) is 0 Å². The summed E-state index contributed by atoms with van der Waals surface area (Å²) in [6, 6.07) is 15.3. The Morgan fingerprint density at radius 3 is 2.57 bits per heavy atom. The number of hydrogen-bond donors (Lipinski definition) is 1. The van der Waals surface area contributed by atoms with Gasteiger partial charge in [0, 0.05) is 30.2 Å². The van der Waals surface area contributed by atoms with E-state index in [1.165, 1.54) is 0 Å². The highest BCUT2D eigenvalue weighted by molar-refractivity contribution is 6.08. The molecule has 0 aliphatic carbocycles. The molecule has 0 bridgehead atoms. The maximum absolute atomic E-state index is 13.9. The van der Waals surface area contributed by atoms with Gasteiger partial charge in [-0.2, -0.15) is 0 Å². The van der Waals surface area contributed by atoms with E-state index in [9.17, 15) is 9.18 Å². The van der Waals surface area contributed by atoms with E-state index in [0.29, 0.717) is 36.0 Å². The van der Waals surface area contributed by atoms with Crippen molar-refractivity contribution in [2.45, 2.75) is 32.4 Å². The zero-order valence-corrected chi connectivity index (χ0v) is 17.2. The van der Waals surface area contributed by atoms with Crippen molar-refractivity contribution in [1.29, 1.82) is 0 Å². The summed E-state index contributed by atoms with van der Waals surface area (Å²) in [7, 11) is 0. The Morgan fingerprint density at radius 1 is 1.13 bits per heavy atom. The average molecular weight is 404 g/mol. The summed E-state index contributed by atoms with van der Waals surface area (Å²) in [4.78, 5) is 23.8. The molecule has 3 aromatic rings. The summed E-state index contributed by atoms with van der Waals surface area (Å²) >= 11 is 0. The Balaban J connectivity index is 1.71. The molecule has 6 heteroatoms. The first-order valence-electron chi connectivity index (χ1n) is 10.2. The molecule has 0 spiro atoms. The van der Waals surface area contributed by atoms with E-state index in [-0.39, 0.29) is 12.5 Å². The quantitative estimate of drug-likeness (QED) is 0.645. The van der Waals surface area contributed by atoms with Crippen molar-refractivity contribution in [3.8, 4) is 11.1 Å². The summed E-state index contributed by atoms with van der Waals surface area (Å²) in [6.07, 6.45) is 2.88. The van der Waals surface area contributed by atoms with Crippen LogP contribution in [-0.4, -0.2) is 35.1 Å². The number of benzene rings is 1. The Bertz CT molecular complexity index is 1020. The summed E-state index contributed by atoms with van der Waals surface area (Å²) in [5.74, 6) is 0.623. The first kappa shape index (κ1) is 20.0. The minimum absolute atomic E-state index is 0.264. The molecule has 1 aliphatic rings. The Morgan fingerprint density at radius 2 is 1.93 bits per heavy atom. The molecule has 0 radical (unpaired) electrons. The van der Waals surface area contributed by atoms with Crippen LogP contribution in [0.4, 0.5) is 15.9 Å². The van der Waals surface area contributed by atoms with E-state index in [1.807, 2.05) is 47.4 Å². The third-order valence-corrected chi connectivity index (χ3v) is 5.32. The van der Waals surface area contributed by atoms with E-state index in [2.05, 4.69) is 29.1 Å². The number of alkyl halides is 1. The fourth-order valence-corrected chi connectivity index (χ4v) is 3.65. The van der Waals surface area contributed by atoms with Crippen LogP contribution in [0.15, 0.2) is 60.9 Å². The highest BCUT2D eigenvalue weighted by Crippen LogP contribution is 2.36. The maximum atomic E-state index is 13.9. The summed E-state index contributed by atoms with van der Waals surface area (Å²) in [5.41, 5.74) is 3.81. The van der Waals surface area contributed by atoms with Gasteiger partial charge in [0.15, 0.2) is 5.82 Å². The number of hydrogen-bond acceptors (Lipinski definition) is 4. The van der Waals surface area contributed by atoms with Crippen LogP contribution in [-0.2, 0) is 0 Å². The van der Waals surface area contributed by atoms with Crippen molar-refractivity contribution in [1.82, 2.24) is 9.97 Å². The van der Waals surface area contributed by atoms with Crippen molar-refractivity contribution in [3.05, 3.63) is 72.2 Å². The van der Waals surface area contributed by atoms with Crippen molar-refractivity contribution in [2.75, 3.05) is 23.3 Å². The zero-order chi connectivity index (χ0) is 21.1. The molecule has 154 valence electrons. The minimum atomic E-state index is -0.886. The molecular formula is C24H25FN4O. The molecule has 1 aromatic carbocycles. The van der Waals surface area contributed by atoms with Crippen LogP contribution in [0.5, 0.6) is 0 Å². The number of pyridine rings is 2. The van der Waals surface area contributed by atoms with E-state index >= 15 is 0 Å². The van der Waals surface area contributed by atoms with Gasteiger partial charge in [0.05, 0.1) is 17.8 Å². The second-order valence-electron chi connectivity index (χ2n) is 7.84. The molecule has 1 saturated heterocycles. The summed E-state index contributed by atoms with van der Waals surface area (Å²) in [5, 5.41) is 3.03. The fourth-order valence-electron chi connectivity index (χ4n) is 3.65. The third kappa shape index (κ3) is 4.17.